The molecule has 0 amide bonds. The van der Waals surface area contributed by atoms with E-state index in [4.69, 9.17) is 4.74 Å². The van der Waals surface area contributed by atoms with Crippen LogP contribution in [-0.2, 0) is 7.05 Å². The lowest BCUT2D eigenvalue weighted by atomic mass is 10.1. The summed E-state index contributed by atoms with van der Waals surface area (Å²) in [5.41, 5.74) is 2.36. The van der Waals surface area contributed by atoms with Crippen molar-refractivity contribution in [2.45, 2.75) is 19.0 Å². The van der Waals surface area contributed by atoms with Crippen molar-refractivity contribution in [2.75, 3.05) is 12.4 Å². The molecule has 0 N–H and O–H groups in total. The SMILES string of the molecule is Cc1cccc(C)c1OCCSc1nncn1C. The molecule has 1 aromatic heterocycles. The van der Waals surface area contributed by atoms with Crippen molar-refractivity contribution in [3.05, 3.63) is 35.7 Å². The summed E-state index contributed by atoms with van der Waals surface area (Å²) in [6.45, 7) is 4.81. The summed E-state index contributed by atoms with van der Waals surface area (Å²) >= 11 is 1.65. The van der Waals surface area contributed by atoms with Crippen LogP contribution < -0.4 is 4.74 Å². The lowest BCUT2D eigenvalue weighted by Gasteiger charge is -2.11. The van der Waals surface area contributed by atoms with Crippen LogP contribution in [0.1, 0.15) is 11.1 Å². The molecule has 18 heavy (non-hydrogen) atoms. The van der Waals surface area contributed by atoms with E-state index in [-0.39, 0.29) is 0 Å². The van der Waals surface area contributed by atoms with Gasteiger partial charge in [-0.15, -0.1) is 10.2 Å². The normalized spacial score (nSPS) is 10.6. The van der Waals surface area contributed by atoms with Crippen LogP contribution in [0.25, 0.3) is 0 Å². The third kappa shape index (κ3) is 3.04. The Morgan fingerprint density at radius 2 is 2.00 bits per heavy atom. The maximum atomic E-state index is 5.83. The molecule has 0 aliphatic carbocycles. The number of aryl methyl sites for hydroxylation is 3. The molecule has 0 spiro atoms. The summed E-state index contributed by atoms with van der Waals surface area (Å²) in [6.07, 6.45) is 1.70. The summed E-state index contributed by atoms with van der Waals surface area (Å²) in [4.78, 5) is 0. The van der Waals surface area contributed by atoms with Gasteiger partial charge in [-0.3, -0.25) is 0 Å². The van der Waals surface area contributed by atoms with Crippen LogP contribution in [0, 0.1) is 13.8 Å². The molecular formula is C13H17N3OS. The van der Waals surface area contributed by atoms with E-state index in [2.05, 4.69) is 36.2 Å². The second-order valence-electron chi connectivity index (χ2n) is 4.14. The molecule has 0 saturated carbocycles. The number of hydrogen-bond acceptors (Lipinski definition) is 4. The van der Waals surface area contributed by atoms with Gasteiger partial charge in [0, 0.05) is 12.8 Å². The maximum absolute atomic E-state index is 5.83. The predicted molar refractivity (Wildman–Crippen MR) is 73.1 cm³/mol. The van der Waals surface area contributed by atoms with Gasteiger partial charge in [0.25, 0.3) is 0 Å². The molecule has 2 rings (SSSR count). The third-order valence-electron chi connectivity index (χ3n) is 2.64. The van der Waals surface area contributed by atoms with Gasteiger partial charge >= 0.3 is 0 Å². The third-order valence-corrected chi connectivity index (χ3v) is 3.64. The standard InChI is InChI=1S/C13H17N3OS/c1-10-5-4-6-11(2)12(10)17-7-8-18-13-15-14-9-16(13)3/h4-6,9H,7-8H2,1-3H3. The van der Waals surface area contributed by atoms with Gasteiger partial charge < -0.3 is 9.30 Å². The van der Waals surface area contributed by atoms with Crippen molar-refractivity contribution < 1.29 is 4.74 Å². The topological polar surface area (TPSA) is 39.9 Å². The molecular weight excluding hydrogens is 246 g/mol. The highest BCUT2D eigenvalue weighted by molar-refractivity contribution is 7.99. The van der Waals surface area contributed by atoms with Crippen molar-refractivity contribution in [3.8, 4) is 5.75 Å². The molecule has 0 saturated heterocycles. The number of ether oxygens (including phenoxy) is 1. The Morgan fingerprint density at radius 1 is 1.28 bits per heavy atom. The molecule has 0 fully saturated rings. The van der Waals surface area contributed by atoms with E-state index in [0.717, 1.165) is 16.7 Å². The van der Waals surface area contributed by atoms with E-state index >= 15 is 0 Å². The van der Waals surface area contributed by atoms with Gasteiger partial charge in [0.05, 0.1) is 6.61 Å². The molecule has 1 aromatic carbocycles. The Hall–Kier alpha value is -1.49. The molecule has 2 aromatic rings. The minimum absolute atomic E-state index is 0.670. The Balaban J connectivity index is 1.84. The van der Waals surface area contributed by atoms with Gasteiger partial charge in [-0.05, 0) is 25.0 Å². The molecule has 0 unspecified atom stereocenters. The van der Waals surface area contributed by atoms with Crippen molar-refractivity contribution in [1.82, 2.24) is 14.8 Å². The Bertz CT molecular complexity index is 504. The van der Waals surface area contributed by atoms with Gasteiger partial charge in [0.2, 0.25) is 0 Å². The molecule has 0 atom stereocenters. The minimum Gasteiger partial charge on any atom is -0.492 e. The number of para-hydroxylation sites is 1. The first kappa shape index (κ1) is 13.0. The van der Waals surface area contributed by atoms with Gasteiger partial charge in [0.1, 0.15) is 12.1 Å². The zero-order valence-corrected chi connectivity index (χ0v) is 11.7. The van der Waals surface area contributed by atoms with E-state index in [1.54, 1.807) is 18.1 Å². The fourth-order valence-electron chi connectivity index (χ4n) is 1.71. The first-order valence-electron chi connectivity index (χ1n) is 5.84. The number of hydrogen-bond donors (Lipinski definition) is 0. The molecule has 0 aliphatic rings. The molecule has 5 heteroatoms. The predicted octanol–water partition coefficient (Wildman–Crippen LogP) is 2.60. The monoisotopic (exact) mass is 263 g/mol. The number of aromatic nitrogens is 3. The number of nitrogens with zero attached hydrogens (tertiary/aromatic N) is 3. The zero-order valence-electron chi connectivity index (χ0n) is 10.9. The molecule has 0 bridgehead atoms. The maximum Gasteiger partial charge on any atom is 0.190 e. The van der Waals surface area contributed by atoms with Gasteiger partial charge in [-0.25, -0.2) is 0 Å². The average molecular weight is 263 g/mol. The second-order valence-corrected chi connectivity index (χ2v) is 5.20. The quantitative estimate of drug-likeness (QED) is 0.614. The molecule has 96 valence electrons. The fraction of sp³-hybridized carbons (Fsp3) is 0.385. The van der Waals surface area contributed by atoms with Crippen LogP contribution in [0.3, 0.4) is 0 Å². The van der Waals surface area contributed by atoms with Crippen LogP contribution >= 0.6 is 11.8 Å². The Morgan fingerprint density at radius 3 is 2.61 bits per heavy atom. The van der Waals surface area contributed by atoms with Gasteiger partial charge in [-0.2, -0.15) is 0 Å². The molecule has 0 radical (unpaired) electrons. The summed E-state index contributed by atoms with van der Waals surface area (Å²) in [5, 5.41) is 8.77. The van der Waals surface area contributed by atoms with E-state index in [0.29, 0.717) is 6.61 Å². The Kier molecular flexibility index (Phi) is 4.25. The number of thioether (sulfide) groups is 1. The van der Waals surface area contributed by atoms with Crippen molar-refractivity contribution in [3.63, 3.8) is 0 Å². The first-order valence-corrected chi connectivity index (χ1v) is 6.83. The van der Waals surface area contributed by atoms with E-state index in [1.807, 2.05) is 17.7 Å². The summed E-state index contributed by atoms with van der Waals surface area (Å²) in [5.74, 6) is 1.86. The largest absolute Gasteiger partial charge is 0.492 e. The lowest BCUT2D eigenvalue weighted by molar-refractivity contribution is 0.339. The van der Waals surface area contributed by atoms with Crippen LogP contribution in [0.5, 0.6) is 5.75 Å². The van der Waals surface area contributed by atoms with Crippen molar-refractivity contribution in [1.29, 1.82) is 0 Å². The molecule has 0 aliphatic heterocycles. The first-order chi connectivity index (χ1) is 8.68. The number of benzene rings is 1. The van der Waals surface area contributed by atoms with Crippen LogP contribution in [0.4, 0.5) is 0 Å². The number of rotatable bonds is 5. The summed E-state index contributed by atoms with van der Waals surface area (Å²) in [7, 11) is 1.94. The summed E-state index contributed by atoms with van der Waals surface area (Å²) in [6, 6.07) is 6.18. The summed E-state index contributed by atoms with van der Waals surface area (Å²) < 4.78 is 7.73. The smallest absolute Gasteiger partial charge is 0.190 e. The highest BCUT2D eigenvalue weighted by Crippen LogP contribution is 2.23. The van der Waals surface area contributed by atoms with E-state index in [9.17, 15) is 0 Å². The highest BCUT2D eigenvalue weighted by atomic mass is 32.2. The molecule has 4 nitrogen and oxygen atoms in total. The van der Waals surface area contributed by atoms with Crippen molar-refractivity contribution >= 4 is 11.8 Å². The lowest BCUT2D eigenvalue weighted by Crippen LogP contribution is -2.03. The van der Waals surface area contributed by atoms with E-state index in [1.165, 1.54) is 11.1 Å². The average Bonchev–Trinajstić information content (AvgIpc) is 2.73. The zero-order chi connectivity index (χ0) is 13.0. The van der Waals surface area contributed by atoms with E-state index < -0.39 is 0 Å². The van der Waals surface area contributed by atoms with Crippen molar-refractivity contribution in [2.24, 2.45) is 7.05 Å². The van der Waals surface area contributed by atoms with Crippen LogP contribution in [0.2, 0.25) is 0 Å². The van der Waals surface area contributed by atoms with Crippen LogP contribution in [-0.4, -0.2) is 27.1 Å². The van der Waals surface area contributed by atoms with Gasteiger partial charge in [0.15, 0.2) is 5.16 Å². The van der Waals surface area contributed by atoms with Gasteiger partial charge in [-0.1, -0.05) is 30.0 Å². The fourth-order valence-corrected chi connectivity index (χ4v) is 2.41. The molecule has 1 heterocycles. The Labute approximate surface area is 111 Å². The minimum atomic E-state index is 0.670. The van der Waals surface area contributed by atoms with Crippen LogP contribution in [0.15, 0.2) is 29.7 Å². The second kappa shape index (κ2) is 5.91. The highest BCUT2D eigenvalue weighted by Gasteiger charge is 2.04.